The molecule has 112 valence electrons. The molecule has 7 heteroatoms. The molecule has 1 heterocycles. The van der Waals surface area contributed by atoms with Crippen LogP contribution < -0.4 is 15.6 Å². The van der Waals surface area contributed by atoms with Crippen LogP contribution in [0.4, 0.5) is 5.69 Å². The topological polar surface area (TPSA) is 108 Å². The zero-order chi connectivity index (χ0) is 15.6. The van der Waals surface area contributed by atoms with Crippen molar-refractivity contribution < 1.29 is 13.2 Å². The first-order valence-electron chi connectivity index (χ1n) is 6.38. The molecule has 21 heavy (non-hydrogen) atoms. The number of rotatable bonds is 4. The van der Waals surface area contributed by atoms with E-state index in [4.69, 9.17) is 15.6 Å². The average molecular weight is 307 g/mol. The lowest BCUT2D eigenvalue weighted by Crippen LogP contribution is -2.14. The Morgan fingerprint density at radius 2 is 1.86 bits per heavy atom. The van der Waals surface area contributed by atoms with Gasteiger partial charge in [0.05, 0.1) is 5.69 Å². The number of nitrogens with two attached hydrogens (primary N) is 2. The van der Waals surface area contributed by atoms with Crippen molar-refractivity contribution in [1.29, 1.82) is 0 Å². The molecule has 0 atom stereocenters. The van der Waals surface area contributed by atoms with Crippen LogP contribution in [0, 0.1) is 6.92 Å². The van der Waals surface area contributed by atoms with Crippen molar-refractivity contribution in [2.24, 2.45) is 5.14 Å². The number of primary sulfonamides is 1. The molecule has 0 aliphatic heterocycles. The first-order valence-corrected chi connectivity index (χ1v) is 7.92. The molecular formula is C14H17N3O3S. The van der Waals surface area contributed by atoms with Gasteiger partial charge in [-0.2, -0.15) is 0 Å². The van der Waals surface area contributed by atoms with Crippen molar-refractivity contribution in [1.82, 2.24) is 4.98 Å². The van der Waals surface area contributed by atoms with E-state index in [1.807, 2.05) is 13.8 Å². The number of hydrogen-bond acceptors (Lipinski definition) is 5. The lowest BCUT2D eigenvalue weighted by atomic mass is 10.2. The largest absolute Gasteiger partial charge is 0.454 e. The number of aromatic nitrogens is 1. The second-order valence-electron chi connectivity index (χ2n) is 4.60. The summed E-state index contributed by atoms with van der Waals surface area (Å²) in [5, 5.41) is 5.20. The van der Waals surface area contributed by atoms with Gasteiger partial charge in [0.1, 0.15) is 16.4 Å². The summed E-state index contributed by atoms with van der Waals surface area (Å²) in [5.74, 6) is 0.629. The van der Waals surface area contributed by atoms with Crippen LogP contribution >= 0.6 is 0 Å². The lowest BCUT2D eigenvalue weighted by molar-refractivity contribution is 0.458. The summed E-state index contributed by atoms with van der Waals surface area (Å²) in [6, 6.07) is 7.86. The fraction of sp³-hybridized carbons (Fsp3) is 0.214. The Balaban J connectivity index is 2.50. The van der Waals surface area contributed by atoms with Gasteiger partial charge < -0.3 is 10.5 Å². The SMILES string of the molecule is CCc1nc(C)ccc1Oc1ccc(N)cc1S(N)(=O)=O. The van der Waals surface area contributed by atoms with Gasteiger partial charge in [0.2, 0.25) is 10.0 Å². The highest BCUT2D eigenvalue weighted by Crippen LogP contribution is 2.31. The van der Waals surface area contributed by atoms with Crippen molar-refractivity contribution in [2.75, 3.05) is 5.73 Å². The number of pyridine rings is 1. The van der Waals surface area contributed by atoms with Crippen molar-refractivity contribution in [3.63, 3.8) is 0 Å². The third kappa shape index (κ3) is 3.50. The summed E-state index contributed by atoms with van der Waals surface area (Å²) in [7, 11) is -3.93. The molecule has 0 saturated heterocycles. The molecule has 0 saturated carbocycles. The predicted molar refractivity (Wildman–Crippen MR) is 80.7 cm³/mol. The predicted octanol–water partition coefficient (Wildman–Crippen LogP) is 1.97. The third-order valence-corrected chi connectivity index (χ3v) is 3.83. The molecule has 0 aliphatic rings. The Bertz CT molecular complexity index is 773. The first kappa shape index (κ1) is 15.3. The summed E-state index contributed by atoms with van der Waals surface area (Å²) in [6.45, 7) is 3.82. The molecule has 1 aromatic heterocycles. The van der Waals surface area contributed by atoms with E-state index in [9.17, 15) is 8.42 Å². The van der Waals surface area contributed by atoms with Gasteiger partial charge >= 0.3 is 0 Å². The second kappa shape index (κ2) is 5.71. The number of nitrogens with zero attached hydrogens (tertiary/aromatic N) is 1. The zero-order valence-corrected chi connectivity index (χ0v) is 12.6. The van der Waals surface area contributed by atoms with Crippen LogP contribution in [0.25, 0.3) is 0 Å². The molecule has 0 fully saturated rings. The molecular weight excluding hydrogens is 290 g/mol. The maximum absolute atomic E-state index is 11.6. The van der Waals surface area contributed by atoms with Gasteiger partial charge in [-0.05, 0) is 43.7 Å². The van der Waals surface area contributed by atoms with Gasteiger partial charge in [0.15, 0.2) is 0 Å². The van der Waals surface area contributed by atoms with Crippen LogP contribution in [0.1, 0.15) is 18.3 Å². The molecule has 0 amide bonds. The third-order valence-electron chi connectivity index (χ3n) is 2.90. The molecule has 0 bridgehead atoms. The number of ether oxygens (including phenoxy) is 1. The number of benzene rings is 1. The Morgan fingerprint density at radius 1 is 1.19 bits per heavy atom. The number of aryl methyl sites for hydroxylation is 2. The van der Waals surface area contributed by atoms with E-state index in [-0.39, 0.29) is 10.6 Å². The van der Waals surface area contributed by atoms with Crippen LogP contribution in [0.2, 0.25) is 0 Å². The van der Waals surface area contributed by atoms with Gasteiger partial charge in [0.25, 0.3) is 0 Å². The van der Waals surface area contributed by atoms with Crippen molar-refractivity contribution in [2.45, 2.75) is 25.2 Å². The van der Waals surface area contributed by atoms with Crippen molar-refractivity contribution in [3.05, 3.63) is 41.7 Å². The Hall–Kier alpha value is -2.12. The minimum absolute atomic E-state index is 0.132. The Labute approximate surface area is 123 Å². The molecule has 2 rings (SSSR count). The molecule has 0 aliphatic carbocycles. The van der Waals surface area contributed by atoms with Crippen LogP contribution in [0.5, 0.6) is 11.5 Å². The van der Waals surface area contributed by atoms with E-state index in [1.54, 1.807) is 18.2 Å². The number of nitrogen functional groups attached to an aromatic ring is 1. The normalized spacial score (nSPS) is 11.4. The highest BCUT2D eigenvalue weighted by atomic mass is 32.2. The van der Waals surface area contributed by atoms with Crippen LogP contribution in [0.3, 0.4) is 0 Å². The highest BCUT2D eigenvalue weighted by molar-refractivity contribution is 7.89. The van der Waals surface area contributed by atoms with E-state index in [2.05, 4.69) is 4.98 Å². The van der Waals surface area contributed by atoms with E-state index in [0.717, 1.165) is 11.4 Å². The minimum atomic E-state index is -3.93. The summed E-state index contributed by atoms with van der Waals surface area (Å²) >= 11 is 0. The smallest absolute Gasteiger partial charge is 0.241 e. The molecule has 4 N–H and O–H groups in total. The molecule has 0 spiro atoms. The first-order chi connectivity index (χ1) is 9.81. The van der Waals surface area contributed by atoms with Gasteiger partial charge in [-0.1, -0.05) is 6.92 Å². The fourth-order valence-corrected chi connectivity index (χ4v) is 2.58. The summed E-state index contributed by atoms with van der Waals surface area (Å²) in [6.07, 6.45) is 0.663. The van der Waals surface area contributed by atoms with E-state index >= 15 is 0 Å². The average Bonchev–Trinajstić information content (AvgIpc) is 2.41. The van der Waals surface area contributed by atoms with Crippen LogP contribution in [0.15, 0.2) is 35.2 Å². The maximum Gasteiger partial charge on any atom is 0.241 e. The zero-order valence-electron chi connectivity index (χ0n) is 11.8. The van der Waals surface area contributed by atoms with E-state index < -0.39 is 10.0 Å². The van der Waals surface area contributed by atoms with Crippen molar-refractivity contribution in [3.8, 4) is 11.5 Å². The maximum atomic E-state index is 11.6. The number of hydrogen-bond donors (Lipinski definition) is 2. The van der Waals surface area contributed by atoms with Gasteiger partial charge in [-0.25, -0.2) is 13.6 Å². The van der Waals surface area contributed by atoms with E-state index in [0.29, 0.717) is 17.9 Å². The van der Waals surface area contributed by atoms with Gasteiger partial charge in [0, 0.05) is 11.4 Å². The fourth-order valence-electron chi connectivity index (χ4n) is 1.89. The summed E-state index contributed by atoms with van der Waals surface area (Å²) < 4.78 is 29.0. The quantitative estimate of drug-likeness (QED) is 0.839. The van der Waals surface area contributed by atoms with Crippen molar-refractivity contribution >= 4 is 15.7 Å². The standard InChI is InChI=1S/C14H17N3O3S/c1-3-11-12(6-4-9(2)17-11)20-13-7-5-10(15)8-14(13)21(16,18)19/h4-8H,3,15H2,1-2H3,(H2,16,18,19). The second-order valence-corrected chi connectivity index (χ2v) is 6.13. The highest BCUT2D eigenvalue weighted by Gasteiger charge is 2.17. The van der Waals surface area contributed by atoms with Gasteiger partial charge in [-0.15, -0.1) is 0 Å². The van der Waals surface area contributed by atoms with E-state index in [1.165, 1.54) is 12.1 Å². The molecule has 1 aromatic carbocycles. The van der Waals surface area contributed by atoms with Gasteiger partial charge in [-0.3, -0.25) is 4.98 Å². The number of sulfonamides is 1. The molecule has 0 unspecified atom stereocenters. The number of anilines is 1. The Kier molecular flexibility index (Phi) is 4.15. The molecule has 2 aromatic rings. The van der Waals surface area contributed by atoms with Crippen LogP contribution in [-0.4, -0.2) is 13.4 Å². The van der Waals surface area contributed by atoms with Crippen LogP contribution in [-0.2, 0) is 16.4 Å². The Morgan fingerprint density at radius 3 is 2.48 bits per heavy atom. The minimum Gasteiger partial charge on any atom is -0.454 e. The summed E-state index contributed by atoms with van der Waals surface area (Å²) in [4.78, 5) is 4.22. The summed E-state index contributed by atoms with van der Waals surface area (Å²) in [5.41, 5.74) is 7.51. The lowest BCUT2D eigenvalue weighted by Gasteiger charge is -2.13. The monoisotopic (exact) mass is 307 g/mol. The molecule has 6 nitrogen and oxygen atoms in total. The molecule has 0 radical (unpaired) electrons.